The summed E-state index contributed by atoms with van der Waals surface area (Å²) in [6.45, 7) is 3.92. The largest absolute Gasteiger partial charge is 0.293 e. The average Bonchev–Trinajstić information content (AvgIpc) is 2.62. The number of nitrogens with two attached hydrogens (primary N) is 1. The molecule has 0 aromatic carbocycles. The van der Waals surface area contributed by atoms with Gasteiger partial charge in [-0.3, -0.25) is 10.2 Å². The van der Waals surface area contributed by atoms with Crippen LogP contribution < -0.4 is 11.3 Å². The predicted octanol–water partition coefficient (Wildman–Crippen LogP) is 1.10. The van der Waals surface area contributed by atoms with Gasteiger partial charge in [0.25, 0.3) is 0 Å². The standard InChI is InChI=1S/C8H14N4OS2/c1-3-4-6(7(13)10-9)15-8-12-11-5(2)14-8/h6H,3-4,9H2,1-2H3,(H,10,13). The van der Waals surface area contributed by atoms with Crippen LogP contribution in [0.1, 0.15) is 24.8 Å². The maximum atomic E-state index is 11.4. The number of thioether (sulfide) groups is 1. The first kappa shape index (κ1) is 12.4. The van der Waals surface area contributed by atoms with Crippen molar-refractivity contribution in [1.82, 2.24) is 15.6 Å². The first-order valence-electron chi connectivity index (χ1n) is 4.64. The van der Waals surface area contributed by atoms with E-state index in [-0.39, 0.29) is 11.2 Å². The summed E-state index contributed by atoms with van der Waals surface area (Å²) in [4.78, 5) is 11.4. The lowest BCUT2D eigenvalue weighted by Crippen LogP contribution is -2.37. The van der Waals surface area contributed by atoms with E-state index < -0.39 is 0 Å². The molecule has 3 N–H and O–H groups in total. The van der Waals surface area contributed by atoms with Crippen LogP contribution in [0.2, 0.25) is 0 Å². The number of amides is 1. The van der Waals surface area contributed by atoms with Gasteiger partial charge in [-0.15, -0.1) is 10.2 Å². The minimum Gasteiger partial charge on any atom is -0.293 e. The molecule has 0 spiro atoms. The Morgan fingerprint density at radius 3 is 2.87 bits per heavy atom. The fourth-order valence-electron chi connectivity index (χ4n) is 1.05. The minimum atomic E-state index is -0.174. The zero-order valence-corrected chi connectivity index (χ0v) is 10.3. The molecule has 0 saturated carbocycles. The number of aromatic nitrogens is 2. The van der Waals surface area contributed by atoms with Crippen LogP contribution in [0.15, 0.2) is 4.34 Å². The van der Waals surface area contributed by atoms with Crippen LogP contribution in [0.5, 0.6) is 0 Å². The maximum Gasteiger partial charge on any atom is 0.247 e. The summed E-state index contributed by atoms with van der Waals surface area (Å²) in [7, 11) is 0. The van der Waals surface area contributed by atoms with Gasteiger partial charge in [0.15, 0.2) is 4.34 Å². The lowest BCUT2D eigenvalue weighted by molar-refractivity contribution is -0.120. The van der Waals surface area contributed by atoms with Gasteiger partial charge in [0.05, 0.1) is 5.25 Å². The molecule has 1 heterocycles. The highest BCUT2D eigenvalue weighted by molar-refractivity contribution is 8.02. The molecular formula is C8H14N4OS2. The van der Waals surface area contributed by atoms with Crippen molar-refractivity contribution in [2.45, 2.75) is 36.3 Å². The van der Waals surface area contributed by atoms with Crippen molar-refractivity contribution in [2.75, 3.05) is 0 Å². The van der Waals surface area contributed by atoms with Gasteiger partial charge >= 0.3 is 0 Å². The van der Waals surface area contributed by atoms with E-state index in [9.17, 15) is 4.79 Å². The van der Waals surface area contributed by atoms with Gasteiger partial charge in [-0.25, -0.2) is 5.84 Å². The lowest BCUT2D eigenvalue weighted by atomic mass is 10.2. The van der Waals surface area contributed by atoms with Gasteiger partial charge in [0.2, 0.25) is 5.91 Å². The van der Waals surface area contributed by atoms with Gasteiger partial charge in [0, 0.05) is 0 Å². The van der Waals surface area contributed by atoms with Gasteiger partial charge in [-0.2, -0.15) is 0 Å². The molecule has 15 heavy (non-hydrogen) atoms. The molecule has 0 bridgehead atoms. The Bertz CT molecular complexity index is 328. The van der Waals surface area contributed by atoms with Crippen LogP contribution in [-0.2, 0) is 4.79 Å². The summed E-state index contributed by atoms with van der Waals surface area (Å²) in [5, 5.41) is 8.59. The molecule has 0 aliphatic heterocycles. The van der Waals surface area contributed by atoms with Crippen molar-refractivity contribution in [2.24, 2.45) is 5.84 Å². The Balaban J connectivity index is 2.62. The Labute approximate surface area is 96.8 Å². The van der Waals surface area contributed by atoms with Crippen molar-refractivity contribution in [3.05, 3.63) is 5.01 Å². The third-order valence-electron chi connectivity index (χ3n) is 1.74. The molecule has 5 nitrogen and oxygen atoms in total. The van der Waals surface area contributed by atoms with Gasteiger partial charge < -0.3 is 0 Å². The van der Waals surface area contributed by atoms with Crippen molar-refractivity contribution < 1.29 is 4.79 Å². The summed E-state index contributed by atoms with van der Waals surface area (Å²) < 4.78 is 0.814. The van der Waals surface area contributed by atoms with Crippen molar-refractivity contribution >= 4 is 29.0 Å². The monoisotopic (exact) mass is 246 g/mol. The van der Waals surface area contributed by atoms with Crippen molar-refractivity contribution in [3.8, 4) is 0 Å². The lowest BCUT2D eigenvalue weighted by Gasteiger charge is -2.11. The fourth-order valence-corrected chi connectivity index (χ4v) is 3.23. The molecule has 0 aliphatic carbocycles. The summed E-state index contributed by atoms with van der Waals surface area (Å²) in [6.07, 6.45) is 1.72. The minimum absolute atomic E-state index is 0.158. The van der Waals surface area contributed by atoms with E-state index in [0.717, 1.165) is 22.2 Å². The second kappa shape index (κ2) is 6.04. The number of hydrogen-bond acceptors (Lipinski definition) is 6. The van der Waals surface area contributed by atoms with E-state index in [1.807, 2.05) is 13.8 Å². The number of hydrazine groups is 1. The molecule has 84 valence electrons. The molecular weight excluding hydrogens is 232 g/mol. The van der Waals surface area contributed by atoms with E-state index in [4.69, 9.17) is 5.84 Å². The number of carbonyl (C=O) groups is 1. The molecule has 1 aromatic heterocycles. The molecule has 1 rings (SSSR count). The first-order chi connectivity index (χ1) is 7.17. The SMILES string of the molecule is CCCC(Sc1nnc(C)s1)C(=O)NN. The third-order valence-corrected chi connectivity index (χ3v) is 3.93. The van der Waals surface area contributed by atoms with Gasteiger partial charge in [-0.05, 0) is 13.3 Å². The first-order valence-corrected chi connectivity index (χ1v) is 6.34. The normalized spacial score (nSPS) is 12.5. The highest BCUT2D eigenvalue weighted by Gasteiger charge is 2.19. The summed E-state index contributed by atoms with van der Waals surface area (Å²) in [5.74, 6) is 4.96. The van der Waals surface area contributed by atoms with Crippen molar-refractivity contribution in [1.29, 1.82) is 0 Å². The van der Waals surface area contributed by atoms with Crippen LogP contribution >= 0.6 is 23.1 Å². The molecule has 0 aliphatic rings. The molecule has 1 amide bonds. The van der Waals surface area contributed by atoms with Crippen LogP contribution in [0.3, 0.4) is 0 Å². The van der Waals surface area contributed by atoms with Crippen LogP contribution in [0, 0.1) is 6.92 Å². The second-order valence-corrected chi connectivity index (χ2v) is 5.62. The van der Waals surface area contributed by atoms with E-state index in [1.165, 1.54) is 23.1 Å². The molecule has 7 heteroatoms. The van der Waals surface area contributed by atoms with E-state index in [1.54, 1.807) is 0 Å². The zero-order chi connectivity index (χ0) is 11.3. The third kappa shape index (κ3) is 3.77. The van der Waals surface area contributed by atoms with Crippen LogP contribution in [-0.4, -0.2) is 21.4 Å². The number of hydrogen-bond donors (Lipinski definition) is 2. The summed E-state index contributed by atoms with van der Waals surface area (Å²) >= 11 is 2.91. The van der Waals surface area contributed by atoms with Gasteiger partial charge in [0.1, 0.15) is 5.01 Å². The number of nitrogens with zero attached hydrogens (tertiary/aromatic N) is 2. The molecule has 0 fully saturated rings. The number of carbonyl (C=O) groups excluding carboxylic acids is 1. The van der Waals surface area contributed by atoms with Gasteiger partial charge in [-0.1, -0.05) is 36.4 Å². The van der Waals surface area contributed by atoms with E-state index >= 15 is 0 Å². The number of aryl methyl sites for hydroxylation is 1. The topological polar surface area (TPSA) is 80.9 Å². The zero-order valence-electron chi connectivity index (χ0n) is 8.69. The Hall–Kier alpha value is -0.660. The fraction of sp³-hybridized carbons (Fsp3) is 0.625. The Morgan fingerprint density at radius 1 is 1.67 bits per heavy atom. The molecule has 1 atom stereocenters. The number of rotatable bonds is 5. The smallest absolute Gasteiger partial charge is 0.247 e. The van der Waals surface area contributed by atoms with Crippen LogP contribution in [0.4, 0.5) is 0 Å². The Kier molecular flexibility index (Phi) is 5.00. The summed E-state index contributed by atoms with van der Waals surface area (Å²) in [6, 6.07) is 0. The number of nitrogens with one attached hydrogen (secondary N) is 1. The maximum absolute atomic E-state index is 11.4. The highest BCUT2D eigenvalue weighted by atomic mass is 32.2. The quantitative estimate of drug-likeness (QED) is 0.352. The Morgan fingerprint density at radius 2 is 2.40 bits per heavy atom. The predicted molar refractivity (Wildman–Crippen MR) is 61.5 cm³/mol. The van der Waals surface area contributed by atoms with Crippen LogP contribution in [0.25, 0.3) is 0 Å². The molecule has 0 radical (unpaired) electrons. The molecule has 0 saturated heterocycles. The summed E-state index contributed by atoms with van der Waals surface area (Å²) in [5.41, 5.74) is 2.17. The second-order valence-electron chi connectivity index (χ2n) is 2.99. The molecule has 1 aromatic rings. The average molecular weight is 246 g/mol. The molecule has 1 unspecified atom stereocenters. The van der Waals surface area contributed by atoms with E-state index in [2.05, 4.69) is 15.6 Å². The van der Waals surface area contributed by atoms with Crippen molar-refractivity contribution in [3.63, 3.8) is 0 Å². The highest BCUT2D eigenvalue weighted by Crippen LogP contribution is 2.28. The van der Waals surface area contributed by atoms with E-state index in [0.29, 0.717) is 0 Å².